The van der Waals surface area contributed by atoms with Gasteiger partial charge in [-0.25, -0.2) is 0 Å². The van der Waals surface area contributed by atoms with Gasteiger partial charge in [-0.05, 0) is 25.7 Å². The fourth-order valence-corrected chi connectivity index (χ4v) is 3.69. The predicted octanol–water partition coefficient (Wildman–Crippen LogP) is 1.15. The third-order valence-electron chi connectivity index (χ3n) is 5.32. The van der Waals surface area contributed by atoms with Gasteiger partial charge < -0.3 is 14.7 Å². The maximum absolute atomic E-state index is 12.8. The highest BCUT2D eigenvalue weighted by Gasteiger charge is 2.49. The summed E-state index contributed by atoms with van der Waals surface area (Å²) in [6, 6.07) is 0. The van der Waals surface area contributed by atoms with Crippen LogP contribution in [0.5, 0.6) is 0 Å². The number of aromatic amines is 1. The molecular weight excluding hydrogens is 282 g/mol. The van der Waals surface area contributed by atoms with Crippen molar-refractivity contribution in [3.05, 3.63) is 17.0 Å². The van der Waals surface area contributed by atoms with Gasteiger partial charge in [-0.1, -0.05) is 13.8 Å². The van der Waals surface area contributed by atoms with E-state index in [0.717, 1.165) is 30.5 Å². The maximum atomic E-state index is 12.8. The second kappa shape index (κ2) is 5.35. The van der Waals surface area contributed by atoms with Gasteiger partial charge in [0.15, 0.2) is 5.69 Å². The number of aromatic nitrogens is 2. The summed E-state index contributed by atoms with van der Waals surface area (Å²) in [4.78, 5) is 14.6. The summed E-state index contributed by atoms with van der Waals surface area (Å²) in [5.74, 6) is -0.0214. The van der Waals surface area contributed by atoms with Crippen LogP contribution in [0.25, 0.3) is 0 Å². The molecule has 1 amide bonds. The van der Waals surface area contributed by atoms with Crippen molar-refractivity contribution in [3.8, 4) is 0 Å². The fourth-order valence-electron chi connectivity index (χ4n) is 3.69. The first-order valence-corrected chi connectivity index (χ1v) is 7.95. The van der Waals surface area contributed by atoms with E-state index in [9.17, 15) is 9.90 Å². The molecule has 1 aliphatic carbocycles. The van der Waals surface area contributed by atoms with Crippen LogP contribution in [0.2, 0.25) is 0 Å². The molecule has 2 N–H and O–H groups in total. The number of methoxy groups -OCH3 is 1. The lowest BCUT2D eigenvalue weighted by Crippen LogP contribution is -2.60. The van der Waals surface area contributed by atoms with Crippen LogP contribution in [-0.2, 0) is 17.6 Å². The molecule has 2 aliphatic rings. The fraction of sp³-hybridized carbons (Fsp3) is 0.750. The average Bonchev–Trinajstić information content (AvgIpc) is 3.04. The zero-order valence-corrected chi connectivity index (χ0v) is 13.6. The number of likely N-dealkylation sites (tertiary alicyclic amines) is 1. The number of carbonyl (C=O) groups is 1. The lowest BCUT2D eigenvalue weighted by molar-refractivity contribution is -0.144. The molecule has 0 spiro atoms. The van der Waals surface area contributed by atoms with Gasteiger partial charge in [0.05, 0.1) is 12.2 Å². The van der Waals surface area contributed by atoms with Crippen molar-refractivity contribution >= 4 is 5.91 Å². The number of aliphatic hydroxyl groups is 1. The average molecular weight is 307 g/mol. The van der Waals surface area contributed by atoms with Gasteiger partial charge in [0.2, 0.25) is 0 Å². The number of nitrogens with zero attached hydrogens (tertiary/aromatic N) is 2. The molecule has 1 saturated heterocycles. The van der Waals surface area contributed by atoms with Gasteiger partial charge in [0.1, 0.15) is 0 Å². The molecule has 6 heteroatoms. The molecule has 122 valence electrons. The van der Waals surface area contributed by atoms with Crippen LogP contribution in [0.3, 0.4) is 0 Å². The smallest absolute Gasteiger partial charge is 0.274 e. The van der Waals surface area contributed by atoms with E-state index in [0.29, 0.717) is 31.8 Å². The first kappa shape index (κ1) is 15.5. The number of ether oxygens (including phenoxy) is 1. The monoisotopic (exact) mass is 307 g/mol. The van der Waals surface area contributed by atoms with Gasteiger partial charge in [-0.15, -0.1) is 0 Å². The van der Waals surface area contributed by atoms with Gasteiger partial charge in [0, 0.05) is 36.9 Å². The summed E-state index contributed by atoms with van der Waals surface area (Å²) in [5, 5.41) is 18.0. The Labute approximate surface area is 130 Å². The van der Waals surface area contributed by atoms with E-state index in [2.05, 4.69) is 10.2 Å². The van der Waals surface area contributed by atoms with E-state index in [4.69, 9.17) is 4.74 Å². The van der Waals surface area contributed by atoms with Crippen molar-refractivity contribution in [3.63, 3.8) is 0 Å². The molecule has 0 aromatic carbocycles. The lowest BCUT2D eigenvalue weighted by atomic mass is 9.70. The number of hydrogen-bond donors (Lipinski definition) is 2. The van der Waals surface area contributed by atoms with Gasteiger partial charge in [0.25, 0.3) is 5.91 Å². The highest BCUT2D eigenvalue weighted by molar-refractivity contribution is 5.94. The highest BCUT2D eigenvalue weighted by Crippen LogP contribution is 2.39. The van der Waals surface area contributed by atoms with Crippen molar-refractivity contribution in [1.82, 2.24) is 15.1 Å². The summed E-state index contributed by atoms with van der Waals surface area (Å²) in [6.45, 7) is 5.30. The molecule has 0 bridgehead atoms. The van der Waals surface area contributed by atoms with Crippen LogP contribution in [0, 0.1) is 5.41 Å². The van der Waals surface area contributed by atoms with Gasteiger partial charge in [-0.3, -0.25) is 9.89 Å². The first-order chi connectivity index (χ1) is 10.4. The summed E-state index contributed by atoms with van der Waals surface area (Å²) >= 11 is 0. The Morgan fingerprint density at radius 2 is 2.23 bits per heavy atom. The zero-order valence-electron chi connectivity index (χ0n) is 13.6. The van der Waals surface area contributed by atoms with Crippen LogP contribution in [0.1, 0.15) is 48.4 Å². The molecule has 1 aliphatic heterocycles. The van der Waals surface area contributed by atoms with Crippen LogP contribution in [-0.4, -0.2) is 58.5 Å². The molecule has 1 atom stereocenters. The van der Waals surface area contributed by atoms with Crippen molar-refractivity contribution in [2.45, 2.75) is 45.1 Å². The second-order valence-corrected chi connectivity index (χ2v) is 7.21. The van der Waals surface area contributed by atoms with Crippen LogP contribution in [0.15, 0.2) is 0 Å². The third kappa shape index (κ3) is 2.34. The lowest BCUT2D eigenvalue weighted by Gasteiger charge is -2.49. The van der Waals surface area contributed by atoms with Crippen molar-refractivity contribution in [1.29, 1.82) is 0 Å². The molecule has 6 nitrogen and oxygen atoms in total. The quantitative estimate of drug-likeness (QED) is 0.878. The number of amides is 1. The van der Waals surface area contributed by atoms with Crippen LogP contribution < -0.4 is 0 Å². The Morgan fingerprint density at radius 3 is 2.91 bits per heavy atom. The summed E-state index contributed by atoms with van der Waals surface area (Å²) < 4.78 is 5.18. The Morgan fingerprint density at radius 1 is 1.45 bits per heavy atom. The Kier molecular flexibility index (Phi) is 3.77. The Hall–Kier alpha value is -1.40. The zero-order chi connectivity index (χ0) is 16.0. The summed E-state index contributed by atoms with van der Waals surface area (Å²) in [7, 11) is 1.60. The number of hydrogen-bond acceptors (Lipinski definition) is 4. The van der Waals surface area contributed by atoms with E-state index in [1.807, 2.05) is 18.7 Å². The first-order valence-electron chi connectivity index (χ1n) is 7.95. The summed E-state index contributed by atoms with van der Waals surface area (Å²) in [6.07, 6.45) is 3.52. The minimum Gasteiger partial charge on any atom is -0.387 e. The van der Waals surface area contributed by atoms with Crippen molar-refractivity contribution in [2.24, 2.45) is 5.41 Å². The second-order valence-electron chi connectivity index (χ2n) is 7.21. The molecule has 1 fully saturated rings. The SMILES string of the molecule is COCC1(O)CCN(C(=O)c2n[nH]c3c2CCC3)CC1(C)C. The number of fused-ring (bicyclic) bond motifs is 1. The minimum atomic E-state index is -0.897. The maximum Gasteiger partial charge on any atom is 0.274 e. The number of carbonyl (C=O) groups excluding carboxylic acids is 1. The molecule has 0 radical (unpaired) electrons. The molecule has 22 heavy (non-hydrogen) atoms. The van der Waals surface area contributed by atoms with Crippen LogP contribution >= 0.6 is 0 Å². The molecule has 1 unspecified atom stereocenters. The molecule has 3 rings (SSSR count). The van der Waals surface area contributed by atoms with Gasteiger partial charge in [-0.2, -0.15) is 5.10 Å². The number of piperidine rings is 1. The minimum absolute atomic E-state index is 0.0214. The number of H-pyrrole nitrogens is 1. The molecule has 1 aromatic heterocycles. The number of rotatable bonds is 3. The topological polar surface area (TPSA) is 78.5 Å². The Bertz CT molecular complexity index is 581. The van der Waals surface area contributed by atoms with Crippen LogP contribution in [0.4, 0.5) is 0 Å². The van der Waals surface area contributed by atoms with Gasteiger partial charge >= 0.3 is 0 Å². The molecule has 0 saturated carbocycles. The largest absolute Gasteiger partial charge is 0.387 e. The summed E-state index contributed by atoms with van der Waals surface area (Å²) in [5.41, 5.74) is 1.44. The highest BCUT2D eigenvalue weighted by atomic mass is 16.5. The number of aryl methyl sites for hydroxylation is 1. The molecule has 1 aromatic rings. The Balaban J connectivity index is 1.78. The normalized spacial score (nSPS) is 27.0. The third-order valence-corrected chi connectivity index (χ3v) is 5.32. The molecular formula is C16H25N3O3. The van der Waals surface area contributed by atoms with Crippen molar-refractivity contribution < 1.29 is 14.6 Å². The van der Waals surface area contributed by atoms with E-state index in [1.54, 1.807) is 7.11 Å². The standard InChI is InChI=1S/C16H25N3O3/c1-15(2)9-19(8-7-16(15,21)10-22-3)14(20)13-11-5-4-6-12(11)17-18-13/h21H,4-10H2,1-3H3,(H,17,18). The van der Waals surface area contributed by atoms with E-state index in [1.165, 1.54) is 0 Å². The predicted molar refractivity (Wildman–Crippen MR) is 81.7 cm³/mol. The number of nitrogens with one attached hydrogen (secondary N) is 1. The molecule has 2 heterocycles. The van der Waals surface area contributed by atoms with E-state index >= 15 is 0 Å². The van der Waals surface area contributed by atoms with E-state index in [-0.39, 0.29) is 5.91 Å². The van der Waals surface area contributed by atoms with E-state index < -0.39 is 11.0 Å². The van der Waals surface area contributed by atoms with Crippen molar-refractivity contribution in [2.75, 3.05) is 26.8 Å².